The highest BCUT2D eigenvalue weighted by Gasteiger charge is 2.44. The lowest BCUT2D eigenvalue weighted by Crippen LogP contribution is -2.39. The van der Waals surface area contributed by atoms with E-state index in [1.54, 1.807) is 24.3 Å². The van der Waals surface area contributed by atoms with Crippen molar-refractivity contribution in [1.29, 1.82) is 0 Å². The Labute approximate surface area is 192 Å². The van der Waals surface area contributed by atoms with Crippen LogP contribution in [0.3, 0.4) is 0 Å². The smallest absolute Gasteiger partial charge is 0.282 e. The van der Waals surface area contributed by atoms with Gasteiger partial charge < -0.3 is 9.64 Å². The molecule has 0 radical (unpaired) electrons. The molecule has 33 heavy (non-hydrogen) atoms. The molecule has 2 aromatic rings. The summed E-state index contributed by atoms with van der Waals surface area (Å²) >= 11 is 0. The molecule has 2 amide bonds. The number of benzene rings is 2. The largest absolute Gasteiger partial charge is 0.489 e. The third-order valence-corrected chi connectivity index (χ3v) is 5.87. The lowest BCUT2D eigenvalue weighted by molar-refractivity contribution is -0.384. The summed E-state index contributed by atoms with van der Waals surface area (Å²) in [5.41, 5.74) is 1.41. The lowest BCUT2D eigenvalue weighted by atomic mass is 9.97. The number of carbonyl (C=O) groups excluding carboxylic acids is 2. The second-order valence-electron chi connectivity index (χ2n) is 8.80. The first kappa shape index (κ1) is 22.5. The van der Waals surface area contributed by atoms with Crippen LogP contribution in [-0.4, -0.2) is 40.8 Å². The van der Waals surface area contributed by atoms with Crippen LogP contribution in [0, 0.1) is 16.0 Å². The van der Waals surface area contributed by atoms with E-state index in [0.717, 1.165) is 12.8 Å². The molecular formula is C25H27N3O5. The number of nitro benzene ring substituents is 1. The molecule has 2 aromatic carbocycles. The highest BCUT2D eigenvalue weighted by Crippen LogP contribution is 2.40. The van der Waals surface area contributed by atoms with Crippen molar-refractivity contribution >= 4 is 28.8 Å². The summed E-state index contributed by atoms with van der Waals surface area (Å²) in [4.78, 5) is 41.3. The molecule has 0 aliphatic carbocycles. The maximum atomic E-state index is 13.8. The topological polar surface area (TPSA) is 93.0 Å². The maximum Gasteiger partial charge on any atom is 0.282 e. The van der Waals surface area contributed by atoms with Crippen LogP contribution in [0.4, 0.5) is 11.4 Å². The van der Waals surface area contributed by atoms with Crippen molar-refractivity contribution in [2.75, 3.05) is 18.0 Å². The van der Waals surface area contributed by atoms with Gasteiger partial charge >= 0.3 is 0 Å². The van der Waals surface area contributed by atoms with Crippen LogP contribution in [0.1, 0.15) is 39.2 Å². The quantitative estimate of drug-likeness (QED) is 0.369. The number of carbonyl (C=O) groups is 2. The van der Waals surface area contributed by atoms with Gasteiger partial charge in [0.1, 0.15) is 11.4 Å². The van der Waals surface area contributed by atoms with Gasteiger partial charge in [0.05, 0.1) is 22.3 Å². The van der Waals surface area contributed by atoms with Crippen molar-refractivity contribution in [3.05, 3.63) is 69.9 Å². The number of nitro groups is 1. The van der Waals surface area contributed by atoms with Crippen LogP contribution < -0.4 is 9.64 Å². The zero-order chi connectivity index (χ0) is 23.7. The number of para-hydroxylation sites is 2. The first-order valence-electron chi connectivity index (χ1n) is 11.2. The Morgan fingerprint density at radius 1 is 1.06 bits per heavy atom. The number of ether oxygens (including phenoxy) is 1. The zero-order valence-electron chi connectivity index (χ0n) is 19.0. The summed E-state index contributed by atoms with van der Waals surface area (Å²) in [5, 5.41) is 11.1. The molecular weight excluding hydrogens is 422 g/mol. The monoisotopic (exact) mass is 449 g/mol. The molecule has 2 aliphatic heterocycles. The molecule has 0 aromatic heterocycles. The van der Waals surface area contributed by atoms with Gasteiger partial charge in [-0.05, 0) is 62.4 Å². The number of hydrogen-bond donors (Lipinski definition) is 0. The van der Waals surface area contributed by atoms with Gasteiger partial charge in [0.25, 0.3) is 17.5 Å². The first-order valence-corrected chi connectivity index (χ1v) is 11.2. The molecule has 0 bridgehead atoms. The number of imide groups is 1. The summed E-state index contributed by atoms with van der Waals surface area (Å²) in [6.07, 6.45) is 1.85. The minimum atomic E-state index is -0.487. The Morgan fingerprint density at radius 3 is 2.39 bits per heavy atom. The van der Waals surface area contributed by atoms with Gasteiger partial charge in [0.2, 0.25) is 0 Å². The number of nitrogens with zero attached hydrogens (tertiary/aromatic N) is 3. The summed E-state index contributed by atoms with van der Waals surface area (Å²) in [5.74, 6) is -0.0208. The number of non-ortho nitro benzene ring substituents is 1. The van der Waals surface area contributed by atoms with E-state index in [9.17, 15) is 19.7 Å². The van der Waals surface area contributed by atoms with E-state index in [0.29, 0.717) is 41.7 Å². The van der Waals surface area contributed by atoms with Crippen LogP contribution in [0.5, 0.6) is 5.75 Å². The molecule has 2 heterocycles. The first-order chi connectivity index (χ1) is 15.8. The predicted octanol–water partition coefficient (Wildman–Crippen LogP) is 4.40. The number of anilines is 1. The zero-order valence-corrected chi connectivity index (χ0v) is 19.0. The van der Waals surface area contributed by atoms with E-state index in [4.69, 9.17) is 4.74 Å². The van der Waals surface area contributed by atoms with Crippen LogP contribution >= 0.6 is 0 Å². The highest BCUT2D eigenvalue weighted by atomic mass is 16.6. The van der Waals surface area contributed by atoms with Crippen molar-refractivity contribution in [1.82, 2.24) is 4.90 Å². The summed E-state index contributed by atoms with van der Waals surface area (Å²) < 4.78 is 5.88. The second kappa shape index (κ2) is 9.05. The molecule has 8 nitrogen and oxygen atoms in total. The molecule has 4 rings (SSSR count). The van der Waals surface area contributed by atoms with E-state index in [2.05, 4.69) is 6.92 Å². The van der Waals surface area contributed by atoms with Crippen LogP contribution in [-0.2, 0) is 9.59 Å². The average Bonchev–Trinajstić information content (AvgIpc) is 3.04. The number of amides is 2. The molecule has 8 heteroatoms. The maximum absolute atomic E-state index is 13.8. The highest BCUT2D eigenvalue weighted by molar-refractivity contribution is 6.45. The number of likely N-dealkylation sites (tertiary alicyclic amines) is 1. The van der Waals surface area contributed by atoms with Crippen molar-refractivity contribution in [3.63, 3.8) is 0 Å². The standard InChI is InChI=1S/C25H27N3O5/c1-16(2)33-21-9-5-4-8-20(21)27-24(29)22(18-10-12-19(13-11-18)28(31)32)23(25(27)30)26-14-6-7-17(3)15-26/h4-5,8-13,16-17H,6-7,14-15H2,1-3H3. The number of piperidine rings is 1. The van der Waals surface area contributed by atoms with Gasteiger partial charge in [0, 0.05) is 25.2 Å². The Bertz CT molecular complexity index is 1120. The van der Waals surface area contributed by atoms with E-state index < -0.39 is 16.7 Å². The summed E-state index contributed by atoms with van der Waals surface area (Å²) in [6.45, 7) is 7.23. The molecule has 1 fully saturated rings. The van der Waals surface area contributed by atoms with Gasteiger partial charge in [-0.1, -0.05) is 19.1 Å². The average molecular weight is 450 g/mol. The van der Waals surface area contributed by atoms with Crippen LogP contribution in [0.15, 0.2) is 54.2 Å². The second-order valence-corrected chi connectivity index (χ2v) is 8.80. The van der Waals surface area contributed by atoms with E-state index >= 15 is 0 Å². The summed E-state index contributed by atoms with van der Waals surface area (Å²) in [6, 6.07) is 12.8. The van der Waals surface area contributed by atoms with Crippen molar-refractivity contribution in [2.24, 2.45) is 5.92 Å². The molecule has 1 atom stereocenters. The predicted molar refractivity (Wildman–Crippen MR) is 125 cm³/mol. The molecule has 1 saturated heterocycles. The Hall–Kier alpha value is -3.68. The van der Waals surface area contributed by atoms with Crippen molar-refractivity contribution in [2.45, 2.75) is 39.7 Å². The lowest BCUT2D eigenvalue weighted by Gasteiger charge is -2.33. The molecule has 0 spiro atoms. The van der Waals surface area contributed by atoms with Gasteiger partial charge in [-0.2, -0.15) is 0 Å². The van der Waals surface area contributed by atoms with E-state index in [1.807, 2.05) is 18.7 Å². The normalized spacial score (nSPS) is 19.0. The molecule has 1 unspecified atom stereocenters. The molecule has 0 N–H and O–H groups in total. The van der Waals surface area contributed by atoms with Crippen molar-refractivity contribution in [3.8, 4) is 5.75 Å². The minimum Gasteiger partial charge on any atom is -0.489 e. The fraction of sp³-hybridized carbons (Fsp3) is 0.360. The Morgan fingerprint density at radius 2 is 1.76 bits per heavy atom. The number of hydrogen-bond acceptors (Lipinski definition) is 6. The Balaban J connectivity index is 1.82. The fourth-order valence-electron chi connectivity index (χ4n) is 4.43. The van der Waals surface area contributed by atoms with E-state index in [-0.39, 0.29) is 17.4 Å². The van der Waals surface area contributed by atoms with Gasteiger partial charge in [-0.25, -0.2) is 4.90 Å². The van der Waals surface area contributed by atoms with Gasteiger partial charge in [0.15, 0.2) is 0 Å². The third kappa shape index (κ3) is 4.33. The minimum absolute atomic E-state index is 0.0724. The molecule has 0 saturated carbocycles. The van der Waals surface area contributed by atoms with Gasteiger partial charge in [-0.15, -0.1) is 0 Å². The SMILES string of the molecule is CC1CCCN(C2=C(c3ccc([N+](=O)[O-])cc3)C(=O)N(c3ccccc3OC(C)C)C2=O)C1. The third-order valence-electron chi connectivity index (χ3n) is 5.87. The fourth-order valence-corrected chi connectivity index (χ4v) is 4.43. The molecule has 172 valence electrons. The van der Waals surface area contributed by atoms with E-state index in [1.165, 1.54) is 29.2 Å². The van der Waals surface area contributed by atoms with Crippen LogP contribution in [0.25, 0.3) is 5.57 Å². The van der Waals surface area contributed by atoms with Crippen LogP contribution in [0.2, 0.25) is 0 Å². The molecule has 2 aliphatic rings. The summed E-state index contributed by atoms with van der Waals surface area (Å²) in [7, 11) is 0. The number of rotatable bonds is 6. The van der Waals surface area contributed by atoms with Gasteiger partial charge in [-0.3, -0.25) is 19.7 Å². The Kier molecular flexibility index (Phi) is 6.18. The van der Waals surface area contributed by atoms with Crippen molar-refractivity contribution < 1.29 is 19.2 Å².